The highest BCUT2D eigenvalue weighted by Crippen LogP contribution is 2.57. The third-order valence-electron chi connectivity index (χ3n) is 8.15. The van der Waals surface area contributed by atoms with Gasteiger partial charge in [0.05, 0.1) is 0 Å². The van der Waals surface area contributed by atoms with Gasteiger partial charge < -0.3 is 9.84 Å². The molecule has 1 fully saturated rings. The molecule has 3 atom stereocenters. The van der Waals surface area contributed by atoms with Gasteiger partial charge in [-0.05, 0) is 88.7 Å². The number of carboxylic acid groups (broad SMARTS) is 1. The summed E-state index contributed by atoms with van der Waals surface area (Å²) in [4.78, 5) is 10.9. The van der Waals surface area contributed by atoms with E-state index in [0.29, 0.717) is 24.4 Å². The predicted octanol–water partition coefficient (Wildman–Crippen LogP) is 7.94. The largest absolute Gasteiger partial charge is 0.489 e. The summed E-state index contributed by atoms with van der Waals surface area (Å²) in [6.45, 7) is 14.1. The average molecular weight is 473 g/mol. The molecule has 2 aliphatic rings. The number of benzene rings is 2. The SMILES string of the molecule is CC(/C=C/C(C)C1CC1c1cc2c(cc1OCc1ccccc1)C(C)(C)CCC2(C)C)=C\C(=O)O. The van der Waals surface area contributed by atoms with E-state index in [0.717, 1.165) is 17.7 Å². The van der Waals surface area contributed by atoms with Gasteiger partial charge in [0.15, 0.2) is 0 Å². The number of fused-ring (bicyclic) bond motifs is 1. The molecule has 0 aromatic heterocycles. The van der Waals surface area contributed by atoms with Crippen LogP contribution in [0.4, 0.5) is 0 Å². The predicted molar refractivity (Wildman–Crippen MR) is 143 cm³/mol. The van der Waals surface area contributed by atoms with Crippen LogP contribution < -0.4 is 4.74 Å². The molecule has 3 heteroatoms. The Bertz CT molecular complexity index is 1140. The van der Waals surface area contributed by atoms with E-state index in [-0.39, 0.29) is 10.8 Å². The molecule has 3 nitrogen and oxygen atoms in total. The van der Waals surface area contributed by atoms with Crippen LogP contribution in [0.2, 0.25) is 0 Å². The van der Waals surface area contributed by atoms with Gasteiger partial charge in [-0.15, -0.1) is 0 Å². The number of aliphatic carboxylic acids is 1. The fraction of sp³-hybridized carbons (Fsp3) is 0.469. The quantitative estimate of drug-likeness (QED) is 0.313. The van der Waals surface area contributed by atoms with Gasteiger partial charge in [-0.3, -0.25) is 0 Å². The first-order valence-corrected chi connectivity index (χ1v) is 12.9. The molecule has 0 saturated heterocycles. The van der Waals surface area contributed by atoms with E-state index in [1.807, 2.05) is 19.1 Å². The van der Waals surface area contributed by atoms with Crippen molar-refractivity contribution in [2.75, 3.05) is 0 Å². The van der Waals surface area contributed by atoms with Crippen LogP contribution >= 0.6 is 0 Å². The highest BCUT2D eigenvalue weighted by molar-refractivity contribution is 5.81. The average Bonchev–Trinajstić information content (AvgIpc) is 3.60. The number of carbonyl (C=O) groups is 1. The lowest BCUT2D eigenvalue weighted by Crippen LogP contribution is -2.34. The van der Waals surface area contributed by atoms with Crippen LogP contribution in [-0.4, -0.2) is 11.1 Å². The molecule has 2 aromatic carbocycles. The second-order valence-corrected chi connectivity index (χ2v) is 11.9. The summed E-state index contributed by atoms with van der Waals surface area (Å²) in [5.74, 6) is 1.52. The Balaban J connectivity index is 1.65. The fourth-order valence-electron chi connectivity index (χ4n) is 5.60. The van der Waals surface area contributed by atoms with Gasteiger partial charge in [0.1, 0.15) is 12.4 Å². The molecular formula is C32H40O3. The number of hydrogen-bond acceptors (Lipinski definition) is 2. The summed E-state index contributed by atoms with van der Waals surface area (Å²) >= 11 is 0. The smallest absolute Gasteiger partial charge is 0.328 e. The molecule has 0 amide bonds. The Hall–Kier alpha value is -2.81. The normalized spacial score (nSPS) is 23.5. The van der Waals surface area contributed by atoms with Gasteiger partial charge in [0, 0.05) is 6.08 Å². The maximum Gasteiger partial charge on any atom is 0.328 e. The monoisotopic (exact) mass is 472 g/mol. The Morgan fingerprint density at radius 2 is 1.71 bits per heavy atom. The first-order valence-electron chi connectivity index (χ1n) is 12.9. The van der Waals surface area contributed by atoms with Gasteiger partial charge >= 0.3 is 5.97 Å². The van der Waals surface area contributed by atoms with E-state index in [9.17, 15) is 4.79 Å². The Morgan fingerprint density at radius 1 is 1.09 bits per heavy atom. The maximum atomic E-state index is 10.9. The molecule has 0 radical (unpaired) electrons. The van der Waals surface area contributed by atoms with Crippen LogP contribution in [0.25, 0.3) is 0 Å². The van der Waals surface area contributed by atoms with Crippen molar-refractivity contribution >= 4 is 5.97 Å². The van der Waals surface area contributed by atoms with Crippen LogP contribution in [0, 0.1) is 11.8 Å². The minimum atomic E-state index is -0.899. The zero-order chi connectivity index (χ0) is 25.4. The van der Waals surface area contributed by atoms with Crippen molar-refractivity contribution in [2.24, 2.45) is 11.8 Å². The van der Waals surface area contributed by atoms with Crippen molar-refractivity contribution in [3.8, 4) is 5.75 Å². The molecule has 0 heterocycles. The Labute approximate surface area is 210 Å². The minimum absolute atomic E-state index is 0.140. The Kier molecular flexibility index (Phi) is 6.99. The first-order chi connectivity index (χ1) is 16.5. The maximum absolute atomic E-state index is 10.9. The number of ether oxygens (including phenoxy) is 1. The molecule has 4 rings (SSSR count). The lowest BCUT2D eigenvalue weighted by atomic mass is 9.62. The highest BCUT2D eigenvalue weighted by Gasteiger charge is 2.45. The second-order valence-electron chi connectivity index (χ2n) is 11.9. The van der Waals surface area contributed by atoms with Crippen LogP contribution in [0.15, 0.2) is 66.3 Å². The van der Waals surface area contributed by atoms with Crippen LogP contribution in [0.3, 0.4) is 0 Å². The molecule has 2 aromatic rings. The van der Waals surface area contributed by atoms with Gasteiger partial charge in [0.2, 0.25) is 0 Å². The number of rotatable bonds is 8. The third kappa shape index (κ3) is 5.72. The standard InChI is InChI=1S/C32H40O3/c1-21(16-30(33)34)12-13-22(2)24-17-25(24)26-18-27-28(32(5,6)15-14-31(27,3)4)19-29(26)35-20-23-10-8-7-9-11-23/h7-13,16,18-19,22,24-25H,14-15,17,20H2,1-6H3,(H,33,34)/b13-12+,21-16+. The van der Waals surface area contributed by atoms with Gasteiger partial charge in [-0.1, -0.05) is 83.2 Å². The van der Waals surface area contributed by atoms with Crippen molar-refractivity contribution in [3.05, 3.63) is 88.5 Å². The van der Waals surface area contributed by atoms with Gasteiger partial charge in [0.25, 0.3) is 0 Å². The molecular weight excluding hydrogens is 432 g/mol. The topological polar surface area (TPSA) is 46.5 Å². The van der Waals surface area contributed by atoms with E-state index < -0.39 is 5.97 Å². The van der Waals surface area contributed by atoms with Crippen molar-refractivity contribution in [2.45, 2.75) is 84.2 Å². The molecule has 2 aliphatic carbocycles. The van der Waals surface area contributed by atoms with Crippen LogP contribution in [-0.2, 0) is 22.2 Å². The van der Waals surface area contributed by atoms with Crippen molar-refractivity contribution < 1.29 is 14.6 Å². The van der Waals surface area contributed by atoms with Crippen molar-refractivity contribution in [1.29, 1.82) is 0 Å². The number of hydrogen-bond donors (Lipinski definition) is 1. The van der Waals surface area contributed by atoms with E-state index in [1.54, 1.807) is 0 Å². The van der Waals surface area contributed by atoms with Crippen LogP contribution in [0.5, 0.6) is 5.75 Å². The van der Waals surface area contributed by atoms with Crippen molar-refractivity contribution in [1.82, 2.24) is 0 Å². The minimum Gasteiger partial charge on any atom is -0.489 e. The molecule has 35 heavy (non-hydrogen) atoms. The first kappa shape index (κ1) is 25.3. The lowest BCUT2D eigenvalue weighted by molar-refractivity contribution is -0.131. The Morgan fingerprint density at radius 3 is 2.34 bits per heavy atom. The van der Waals surface area contributed by atoms with E-state index in [1.165, 1.54) is 41.2 Å². The molecule has 0 spiro atoms. The van der Waals surface area contributed by atoms with Crippen molar-refractivity contribution in [3.63, 3.8) is 0 Å². The highest BCUT2D eigenvalue weighted by atomic mass is 16.5. The summed E-state index contributed by atoms with van der Waals surface area (Å²) in [6, 6.07) is 15.2. The summed E-state index contributed by atoms with van der Waals surface area (Å²) in [5, 5.41) is 8.98. The third-order valence-corrected chi connectivity index (χ3v) is 8.15. The molecule has 1 saturated carbocycles. The fourth-order valence-corrected chi connectivity index (χ4v) is 5.60. The van der Waals surface area contributed by atoms with Gasteiger partial charge in [-0.2, -0.15) is 0 Å². The zero-order valence-electron chi connectivity index (χ0n) is 22.1. The van der Waals surface area contributed by atoms with E-state index in [2.05, 4.69) is 77.1 Å². The molecule has 186 valence electrons. The molecule has 3 unspecified atom stereocenters. The summed E-state index contributed by atoms with van der Waals surface area (Å²) < 4.78 is 6.53. The van der Waals surface area contributed by atoms with E-state index in [4.69, 9.17) is 9.84 Å². The number of carboxylic acids is 1. The van der Waals surface area contributed by atoms with Crippen LogP contribution in [0.1, 0.15) is 89.0 Å². The second kappa shape index (κ2) is 9.68. The van der Waals surface area contributed by atoms with Gasteiger partial charge in [-0.25, -0.2) is 4.79 Å². The zero-order valence-corrected chi connectivity index (χ0v) is 22.1. The summed E-state index contributed by atoms with van der Waals surface area (Å²) in [5.41, 5.74) is 6.50. The number of allylic oxidation sites excluding steroid dienone is 3. The molecule has 0 aliphatic heterocycles. The summed E-state index contributed by atoms with van der Waals surface area (Å²) in [7, 11) is 0. The summed E-state index contributed by atoms with van der Waals surface area (Å²) in [6.07, 6.45) is 8.88. The lowest BCUT2D eigenvalue weighted by Gasteiger charge is -2.42. The van der Waals surface area contributed by atoms with E-state index >= 15 is 0 Å². The molecule has 1 N–H and O–H groups in total. The molecule has 0 bridgehead atoms.